The summed E-state index contributed by atoms with van der Waals surface area (Å²) < 4.78 is 5.84. The van der Waals surface area contributed by atoms with E-state index in [1.54, 1.807) is 18.2 Å². The van der Waals surface area contributed by atoms with Crippen molar-refractivity contribution in [1.82, 2.24) is 5.32 Å². The first-order chi connectivity index (χ1) is 9.56. The van der Waals surface area contributed by atoms with Crippen LogP contribution in [0.5, 0.6) is 0 Å². The van der Waals surface area contributed by atoms with E-state index in [9.17, 15) is 14.7 Å². The molecular formula is C14H12BrNO4. The van der Waals surface area contributed by atoms with Crippen LogP contribution in [-0.2, 0) is 11.2 Å². The van der Waals surface area contributed by atoms with E-state index in [0.717, 1.165) is 10.0 Å². The zero-order chi connectivity index (χ0) is 14.5. The summed E-state index contributed by atoms with van der Waals surface area (Å²) in [6.07, 6.45) is 1.56. The SMILES string of the molecule is O=C(NC(Cc1ccc(Br)cc1)C(=O)O)c1ccco1. The molecule has 5 nitrogen and oxygen atoms in total. The standard InChI is InChI=1S/C14H12BrNO4/c15-10-5-3-9(4-6-10)8-11(14(18)19)16-13(17)12-2-1-7-20-12/h1-7,11H,8H2,(H,16,17)(H,18,19). The van der Waals surface area contributed by atoms with E-state index < -0.39 is 17.9 Å². The number of hydrogen-bond donors (Lipinski definition) is 2. The zero-order valence-corrected chi connectivity index (χ0v) is 12.0. The fourth-order valence-corrected chi connectivity index (χ4v) is 1.96. The van der Waals surface area contributed by atoms with Crippen molar-refractivity contribution >= 4 is 27.8 Å². The number of benzene rings is 1. The molecular weight excluding hydrogens is 326 g/mol. The van der Waals surface area contributed by atoms with Crippen molar-refractivity contribution < 1.29 is 19.1 Å². The van der Waals surface area contributed by atoms with Crippen LogP contribution in [0.3, 0.4) is 0 Å². The number of halogens is 1. The molecule has 0 aliphatic carbocycles. The summed E-state index contributed by atoms with van der Waals surface area (Å²) in [5, 5.41) is 11.6. The Morgan fingerprint density at radius 2 is 1.95 bits per heavy atom. The first-order valence-corrected chi connectivity index (χ1v) is 6.67. The van der Waals surface area contributed by atoms with Crippen molar-refractivity contribution in [3.05, 3.63) is 58.5 Å². The number of carboxylic acids is 1. The summed E-state index contributed by atoms with van der Waals surface area (Å²) >= 11 is 3.31. The Morgan fingerprint density at radius 3 is 2.50 bits per heavy atom. The van der Waals surface area contributed by atoms with Gasteiger partial charge in [-0.3, -0.25) is 4.79 Å². The molecule has 1 aromatic heterocycles. The number of rotatable bonds is 5. The predicted octanol–water partition coefficient (Wildman–Crippen LogP) is 2.47. The third kappa shape index (κ3) is 3.71. The van der Waals surface area contributed by atoms with Gasteiger partial charge in [-0.05, 0) is 29.8 Å². The number of nitrogens with one attached hydrogen (secondary N) is 1. The smallest absolute Gasteiger partial charge is 0.326 e. The van der Waals surface area contributed by atoms with Crippen molar-refractivity contribution in [2.24, 2.45) is 0 Å². The van der Waals surface area contributed by atoms with Gasteiger partial charge in [0.15, 0.2) is 5.76 Å². The average Bonchev–Trinajstić information content (AvgIpc) is 2.94. The van der Waals surface area contributed by atoms with Gasteiger partial charge in [-0.25, -0.2) is 4.79 Å². The Morgan fingerprint density at radius 1 is 1.25 bits per heavy atom. The molecule has 0 aliphatic heterocycles. The largest absolute Gasteiger partial charge is 0.480 e. The van der Waals surface area contributed by atoms with Crippen LogP contribution < -0.4 is 5.32 Å². The molecule has 104 valence electrons. The number of amides is 1. The van der Waals surface area contributed by atoms with Gasteiger partial charge in [-0.1, -0.05) is 28.1 Å². The van der Waals surface area contributed by atoms with Crippen LogP contribution in [0.1, 0.15) is 16.1 Å². The van der Waals surface area contributed by atoms with Crippen molar-refractivity contribution in [2.75, 3.05) is 0 Å². The van der Waals surface area contributed by atoms with Gasteiger partial charge < -0.3 is 14.8 Å². The molecule has 6 heteroatoms. The van der Waals surface area contributed by atoms with Crippen molar-refractivity contribution in [3.8, 4) is 0 Å². The maximum Gasteiger partial charge on any atom is 0.326 e. The highest BCUT2D eigenvalue weighted by Crippen LogP contribution is 2.12. The van der Waals surface area contributed by atoms with Crippen LogP contribution in [0.4, 0.5) is 0 Å². The van der Waals surface area contributed by atoms with Gasteiger partial charge in [-0.2, -0.15) is 0 Å². The summed E-state index contributed by atoms with van der Waals surface area (Å²) in [4.78, 5) is 23.0. The van der Waals surface area contributed by atoms with Gasteiger partial charge >= 0.3 is 5.97 Å². The summed E-state index contributed by atoms with van der Waals surface area (Å²) in [6, 6.07) is 9.30. The molecule has 0 aliphatic rings. The first-order valence-electron chi connectivity index (χ1n) is 5.88. The summed E-state index contributed by atoms with van der Waals surface area (Å²) in [5.74, 6) is -1.54. The number of furan rings is 1. The van der Waals surface area contributed by atoms with Crippen molar-refractivity contribution in [3.63, 3.8) is 0 Å². The Bertz CT molecular complexity index is 592. The number of carboxylic acid groups (broad SMARTS) is 1. The van der Waals surface area contributed by atoms with Crippen LogP contribution >= 0.6 is 15.9 Å². The molecule has 1 amide bonds. The molecule has 1 aromatic carbocycles. The third-order valence-corrected chi connectivity index (χ3v) is 3.23. The topological polar surface area (TPSA) is 79.5 Å². The minimum atomic E-state index is -1.09. The monoisotopic (exact) mass is 337 g/mol. The fraction of sp³-hybridized carbons (Fsp3) is 0.143. The summed E-state index contributed by atoms with van der Waals surface area (Å²) in [7, 11) is 0. The van der Waals surface area contributed by atoms with E-state index in [0.29, 0.717) is 0 Å². The Labute approximate surface area is 123 Å². The van der Waals surface area contributed by atoms with E-state index >= 15 is 0 Å². The molecule has 2 N–H and O–H groups in total. The maximum atomic E-state index is 11.8. The molecule has 0 saturated carbocycles. The van der Waals surface area contributed by atoms with E-state index in [2.05, 4.69) is 21.2 Å². The van der Waals surface area contributed by atoms with Gasteiger partial charge in [0.05, 0.1) is 6.26 Å². The zero-order valence-electron chi connectivity index (χ0n) is 10.4. The lowest BCUT2D eigenvalue weighted by Crippen LogP contribution is -2.42. The van der Waals surface area contributed by atoms with Gasteiger partial charge in [0.2, 0.25) is 0 Å². The van der Waals surface area contributed by atoms with E-state index in [4.69, 9.17) is 4.42 Å². The highest BCUT2D eigenvalue weighted by Gasteiger charge is 2.22. The summed E-state index contributed by atoms with van der Waals surface area (Å²) in [5.41, 5.74) is 0.820. The lowest BCUT2D eigenvalue weighted by molar-refractivity contribution is -0.139. The fourth-order valence-electron chi connectivity index (χ4n) is 1.69. The first kappa shape index (κ1) is 14.3. The quantitative estimate of drug-likeness (QED) is 0.878. The lowest BCUT2D eigenvalue weighted by Gasteiger charge is -2.13. The highest BCUT2D eigenvalue weighted by molar-refractivity contribution is 9.10. The lowest BCUT2D eigenvalue weighted by atomic mass is 10.1. The number of aliphatic carboxylic acids is 1. The normalized spacial score (nSPS) is 11.8. The molecule has 1 unspecified atom stereocenters. The van der Waals surface area contributed by atoms with Crippen LogP contribution in [0, 0.1) is 0 Å². The highest BCUT2D eigenvalue weighted by atomic mass is 79.9. The number of carbonyl (C=O) groups is 2. The van der Waals surface area contributed by atoms with Crippen LogP contribution in [-0.4, -0.2) is 23.0 Å². The van der Waals surface area contributed by atoms with Crippen LogP contribution in [0.2, 0.25) is 0 Å². The molecule has 20 heavy (non-hydrogen) atoms. The molecule has 1 heterocycles. The van der Waals surface area contributed by atoms with Crippen molar-refractivity contribution in [2.45, 2.75) is 12.5 Å². The predicted molar refractivity (Wildman–Crippen MR) is 75.4 cm³/mol. The minimum absolute atomic E-state index is 0.0899. The van der Waals surface area contributed by atoms with Gasteiger partial charge in [0.25, 0.3) is 5.91 Å². The molecule has 0 spiro atoms. The second-order valence-electron chi connectivity index (χ2n) is 4.17. The molecule has 2 rings (SSSR count). The second kappa shape index (κ2) is 6.38. The van der Waals surface area contributed by atoms with Crippen LogP contribution in [0.15, 0.2) is 51.6 Å². The summed E-state index contributed by atoms with van der Waals surface area (Å²) in [6.45, 7) is 0. The van der Waals surface area contributed by atoms with Gasteiger partial charge in [0, 0.05) is 10.9 Å². The van der Waals surface area contributed by atoms with Crippen LogP contribution in [0.25, 0.3) is 0 Å². The molecule has 1 atom stereocenters. The Balaban J connectivity index is 2.06. The van der Waals surface area contributed by atoms with E-state index in [1.807, 2.05) is 12.1 Å². The van der Waals surface area contributed by atoms with E-state index in [-0.39, 0.29) is 12.2 Å². The number of carbonyl (C=O) groups excluding carboxylic acids is 1. The molecule has 0 radical (unpaired) electrons. The molecule has 0 bridgehead atoms. The van der Waals surface area contributed by atoms with Crippen molar-refractivity contribution in [1.29, 1.82) is 0 Å². The molecule has 0 fully saturated rings. The molecule has 2 aromatic rings. The minimum Gasteiger partial charge on any atom is -0.480 e. The Hall–Kier alpha value is -2.08. The average molecular weight is 338 g/mol. The molecule has 0 saturated heterocycles. The number of hydrogen-bond acceptors (Lipinski definition) is 3. The Kier molecular flexibility index (Phi) is 4.57. The van der Waals surface area contributed by atoms with Gasteiger partial charge in [0.1, 0.15) is 6.04 Å². The maximum absolute atomic E-state index is 11.8. The third-order valence-electron chi connectivity index (χ3n) is 2.70. The second-order valence-corrected chi connectivity index (χ2v) is 5.09. The van der Waals surface area contributed by atoms with E-state index in [1.165, 1.54) is 12.3 Å². The van der Waals surface area contributed by atoms with Gasteiger partial charge in [-0.15, -0.1) is 0 Å².